The van der Waals surface area contributed by atoms with E-state index in [1.54, 1.807) is 0 Å². The fraction of sp³-hybridized carbons (Fsp3) is 0.150. The Bertz CT molecular complexity index is 1150. The molecule has 32 heavy (non-hydrogen) atoms. The fourth-order valence-electron chi connectivity index (χ4n) is 3.17. The maximum Gasteiger partial charge on any atom is 0.325 e. The summed E-state index contributed by atoms with van der Waals surface area (Å²) in [6.07, 6.45) is 0. The summed E-state index contributed by atoms with van der Waals surface area (Å²) in [6.45, 7) is 0.546. The molecule has 0 radical (unpaired) electrons. The smallest absolute Gasteiger partial charge is 0.325 e. The number of urea groups is 1. The molecule has 1 saturated heterocycles. The van der Waals surface area contributed by atoms with Crippen molar-refractivity contribution in [3.63, 3.8) is 0 Å². The van der Waals surface area contributed by atoms with E-state index in [2.05, 4.69) is 10.6 Å². The molecule has 166 valence electrons. The molecule has 0 spiro atoms. The average molecular weight is 445 g/mol. The van der Waals surface area contributed by atoms with Crippen LogP contribution in [0.5, 0.6) is 0 Å². The largest absolute Gasteiger partial charge is 0.366 e. The first kappa shape index (κ1) is 22.3. The number of imide groups is 1. The normalized spacial score (nSPS) is 17.8. The highest BCUT2D eigenvalue weighted by atomic mass is 19.2. The van der Waals surface area contributed by atoms with Gasteiger partial charge in [0, 0.05) is 16.8 Å². The average Bonchev–Trinajstić information content (AvgIpc) is 2.93. The summed E-state index contributed by atoms with van der Waals surface area (Å²) >= 11 is 0. The van der Waals surface area contributed by atoms with Crippen LogP contribution in [0.1, 0.15) is 33.2 Å². The van der Waals surface area contributed by atoms with E-state index in [9.17, 15) is 32.8 Å². The molecule has 0 bridgehead atoms. The SMILES string of the molecule is CC1(c2ccc(F)c(F)c2)NC(=O)N(CC(=O)Nc2cc(C(N)=O)cc(C(N)=O)c2)C1=O. The first-order valence-electron chi connectivity index (χ1n) is 9.06. The van der Waals surface area contributed by atoms with Crippen LogP contribution >= 0.6 is 0 Å². The second-order valence-electron chi connectivity index (χ2n) is 7.15. The third-order valence-corrected chi connectivity index (χ3v) is 4.86. The van der Waals surface area contributed by atoms with Gasteiger partial charge in [-0.05, 0) is 42.8 Å². The number of primary amides is 2. The highest BCUT2D eigenvalue weighted by Crippen LogP contribution is 2.29. The maximum atomic E-state index is 13.6. The van der Waals surface area contributed by atoms with Gasteiger partial charge in [-0.15, -0.1) is 0 Å². The fourth-order valence-corrected chi connectivity index (χ4v) is 3.17. The van der Waals surface area contributed by atoms with Crippen LogP contribution in [0.25, 0.3) is 0 Å². The van der Waals surface area contributed by atoms with Crippen molar-refractivity contribution in [1.82, 2.24) is 10.2 Å². The molecule has 6 amide bonds. The Morgan fingerprint density at radius 1 is 1.00 bits per heavy atom. The molecule has 1 aliphatic rings. The Hall–Kier alpha value is -4.35. The van der Waals surface area contributed by atoms with Gasteiger partial charge in [-0.25, -0.2) is 13.6 Å². The Balaban J connectivity index is 1.80. The molecule has 12 heteroatoms. The van der Waals surface area contributed by atoms with Crippen LogP contribution in [0.15, 0.2) is 36.4 Å². The van der Waals surface area contributed by atoms with Crippen molar-refractivity contribution in [3.05, 3.63) is 64.7 Å². The number of nitrogens with one attached hydrogen (secondary N) is 2. The van der Waals surface area contributed by atoms with E-state index in [4.69, 9.17) is 11.5 Å². The van der Waals surface area contributed by atoms with Crippen LogP contribution < -0.4 is 22.1 Å². The molecule has 1 atom stereocenters. The van der Waals surface area contributed by atoms with Crippen LogP contribution in [-0.4, -0.2) is 41.1 Å². The molecule has 1 aliphatic heterocycles. The van der Waals surface area contributed by atoms with Crippen molar-refractivity contribution >= 4 is 35.3 Å². The van der Waals surface area contributed by atoms with Crippen LogP contribution in [0.4, 0.5) is 19.3 Å². The van der Waals surface area contributed by atoms with Crippen LogP contribution in [-0.2, 0) is 15.1 Å². The number of rotatable bonds is 6. The molecule has 0 saturated carbocycles. The molecule has 6 N–H and O–H groups in total. The minimum Gasteiger partial charge on any atom is -0.366 e. The summed E-state index contributed by atoms with van der Waals surface area (Å²) in [7, 11) is 0. The number of hydrogen-bond donors (Lipinski definition) is 4. The van der Waals surface area contributed by atoms with Gasteiger partial charge < -0.3 is 22.1 Å². The lowest BCUT2D eigenvalue weighted by atomic mass is 9.92. The van der Waals surface area contributed by atoms with Crippen molar-refractivity contribution in [1.29, 1.82) is 0 Å². The van der Waals surface area contributed by atoms with Crippen LogP contribution in [0.2, 0.25) is 0 Å². The maximum absolute atomic E-state index is 13.6. The van der Waals surface area contributed by atoms with E-state index >= 15 is 0 Å². The molecule has 2 aromatic carbocycles. The van der Waals surface area contributed by atoms with Crippen molar-refractivity contribution in [2.75, 3.05) is 11.9 Å². The number of carbonyl (C=O) groups is 5. The Morgan fingerprint density at radius 3 is 2.12 bits per heavy atom. The number of anilines is 1. The zero-order valence-electron chi connectivity index (χ0n) is 16.6. The summed E-state index contributed by atoms with van der Waals surface area (Å²) in [5, 5.41) is 4.70. The van der Waals surface area contributed by atoms with Gasteiger partial charge in [0.25, 0.3) is 5.91 Å². The number of halogens is 2. The van der Waals surface area contributed by atoms with Crippen LogP contribution in [0, 0.1) is 11.6 Å². The van der Waals surface area contributed by atoms with Gasteiger partial charge in [-0.3, -0.25) is 24.1 Å². The zero-order valence-corrected chi connectivity index (χ0v) is 16.6. The second kappa shape index (κ2) is 8.06. The van der Waals surface area contributed by atoms with Gasteiger partial charge in [-0.2, -0.15) is 0 Å². The summed E-state index contributed by atoms with van der Waals surface area (Å²) in [5.74, 6) is -5.80. The molecule has 1 unspecified atom stereocenters. The van der Waals surface area contributed by atoms with Gasteiger partial charge in [0.05, 0.1) is 0 Å². The summed E-state index contributed by atoms with van der Waals surface area (Å²) in [6, 6.07) is 5.31. The highest BCUT2D eigenvalue weighted by Gasteiger charge is 2.49. The second-order valence-corrected chi connectivity index (χ2v) is 7.15. The predicted molar refractivity (Wildman–Crippen MR) is 106 cm³/mol. The van der Waals surface area contributed by atoms with Gasteiger partial charge in [0.15, 0.2) is 11.6 Å². The third-order valence-electron chi connectivity index (χ3n) is 4.86. The van der Waals surface area contributed by atoms with E-state index < -0.39 is 53.4 Å². The molecule has 1 fully saturated rings. The molecule has 10 nitrogen and oxygen atoms in total. The molecule has 3 rings (SSSR count). The lowest BCUT2D eigenvalue weighted by Gasteiger charge is -2.22. The van der Waals surface area contributed by atoms with Crippen molar-refractivity contribution in [3.8, 4) is 0 Å². The van der Waals surface area contributed by atoms with Gasteiger partial charge in [-0.1, -0.05) is 6.07 Å². The Kier molecular flexibility index (Phi) is 5.62. The number of hydrogen-bond acceptors (Lipinski definition) is 5. The van der Waals surface area contributed by atoms with E-state index in [-0.39, 0.29) is 22.4 Å². The molecule has 2 aromatic rings. The summed E-state index contributed by atoms with van der Waals surface area (Å²) in [4.78, 5) is 61.0. The third kappa shape index (κ3) is 4.10. The minimum atomic E-state index is -1.73. The van der Waals surface area contributed by atoms with Gasteiger partial charge in [0.2, 0.25) is 17.7 Å². The Morgan fingerprint density at radius 2 is 1.59 bits per heavy atom. The molecular formula is C20H17F2N5O5. The minimum absolute atomic E-state index is 0.0158. The predicted octanol–water partition coefficient (Wildman–Crippen LogP) is 0.568. The monoisotopic (exact) mass is 445 g/mol. The molecule has 0 aromatic heterocycles. The lowest BCUT2D eigenvalue weighted by Crippen LogP contribution is -2.42. The topological polar surface area (TPSA) is 165 Å². The number of nitrogens with two attached hydrogens (primary N) is 2. The number of carbonyl (C=O) groups excluding carboxylic acids is 5. The van der Waals surface area contributed by atoms with Crippen molar-refractivity contribution < 1.29 is 32.8 Å². The number of benzene rings is 2. The quantitative estimate of drug-likeness (QED) is 0.477. The molecule has 0 aliphatic carbocycles. The first-order valence-corrected chi connectivity index (χ1v) is 9.06. The number of nitrogens with zero attached hydrogens (tertiary/aromatic N) is 1. The first-order chi connectivity index (χ1) is 14.9. The van der Waals surface area contributed by atoms with Crippen molar-refractivity contribution in [2.45, 2.75) is 12.5 Å². The number of amides is 6. The zero-order chi connectivity index (χ0) is 23.8. The standard InChI is InChI=1S/C20H17F2N5O5/c1-20(11-2-3-13(21)14(22)7-11)18(31)27(19(32)26-20)8-15(28)25-12-5-9(16(23)29)4-10(6-12)17(24)30/h2-7H,8H2,1H3,(H2,23,29)(H2,24,30)(H,25,28)(H,26,32). The van der Waals surface area contributed by atoms with E-state index in [1.807, 2.05) is 0 Å². The van der Waals surface area contributed by atoms with Gasteiger partial charge in [0.1, 0.15) is 12.1 Å². The van der Waals surface area contributed by atoms with E-state index in [0.29, 0.717) is 4.90 Å². The van der Waals surface area contributed by atoms with E-state index in [0.717, 1.165) is 24.3 Å². The lowest BCUT2D eigenvalue weighted by molar-refractivity contribution is -0.133. The van der Waals surface area contributed by atoms with Crippen molar-refractivity contribution in [2.24, 2.45) is 11.5 Å². The Labute approximate surface area is 179 Å². The van der Waals surface area contributed by atoms with E-state index in [1.165, 1.54) is 19.1 Å². The van der Waals surface area contributed by atoms with Crippen LogP contribution in [0.3, 0.4) is 0 Å². The molecular weight excluding hydrogens is 428 g/mol. The molecule has 1 heterocycles. The highest BCUT2D eigenvalue weighted by molar-refractivity contribution is 6.10. The van der Waals surface area contributed by atoms with Gasteiger partial charge >= 0.3 is 6.03 Å². The summed E-state index contributed by atoms with van der Waals surface area (Å²) in [5.41, 5.74) is 8.43. The summed E-state index contributed by atoms with van der Waals surface area (Å²) < 4.78 is 26.8.